The summed E-state index contributed by atoms with van der Waals surface area (Å²) in [6.45, 7) is 0.385. The van der Waals surface area contributed by atoms with Crippen LogP contribution in [-0.4, -0.2) is 16.1 Å². The van der Waals surface area contributed by atoms with Gasteiger partial charge in [0.15, 0.2) is 5.69 Å². The number of hydrogen-bond acceptors (Lipinski definition) is 3. The normalized spacial score (nSPS) is 10.1. The Morgan fingerprint density at radius 2 is 2.00 bits per heavy atom. The molecule has 0 aliphatic heterocycles. The molecule has 2 rings (SSSR count). The summed E-state index contributed by atoms with van der Waals surface area (Å²) in [5.74, 6) is -0.575. The molecule has 0 aliphatic rings. The molecule has 1 heterocycles. The van der Waals surface area contributed by atoms with Crippen LogP contribution in [-0.2, 0) is 6.61 Å². The van der Waals surface area contributed by atoms with Crippen LogP contribution in [0.2, 0.25) is 0 Å². The average Bonchev–Trinajstić information content (AvgIpc) is 2.38. The van der Waals surface area contributed by atoms with E-state index in [4.69, 9.17) is 9.84 Å². The van der Waals surface area contributed by atoms with Crippen LogP contribution in [0.5, 0.6) is 5.75 Å². The van der Waals surface area contributed by atoms with Gasteiger partial charge in [-0.1, -0.05) is 28.1 Å². The monoisotopic (exact) mass is 307 g/mol. The second kappa shape index (κ2) is 5.64. The molecule has 2 aromatic rings. The van der Waals surface area contributed by atoms with Gasteiger partial charge in [-0.05, 0) is 23.8 Å². The number of ether oxygens (including phenoxy) is 1. The van der Waals surface area contributed by atoms with E-state index in [9.17, 15) is 4.79 Å². The molecule has 0 unspecified atom stereocenters. The van der Waals surface area contributed by atoms with Crippen molar-refractivity contribution in [3.8, 4) is 5.75 Å². The summed E-state index contributed by atoms with van der Waals surface area (Å²) in [4.78, 5) is 14.5. The van der Waals surface area contributed by atoms with Crippen LogP contribution < -0.4 is 4.74 Å². The van der Waals surface area contributed by atoms with E-state index < -0.39 is 5.97 Å². The lowest BCUT2D eigenvalue weighted by Gasteiger charge is -2.06. The molecule has 0 atom stereocenters. The van der Waals surface area contributed by atoms with Gasteiger partial charge in [0, 0.05) is 16.7 Å². The fourth-order valence-electron chi connectivity index (χ4n) is 1.37. The summed E-state index contributed by atoms with van der Waals surface area (Å²) in [6.07, 6.45) is 1.42. The maximum atomic E-state index is 10.7. The van der Waals surface area contributed by atoms with Crippen LogP contribution in [0.4, 0.5) is 0 Å². The van der Waals surface area contributed by atoms with Crippen molar-refractivity contribution in [3.63, 3.8) is 0 Å². The Labute approximate surface area is 112 Å². The van der Waals surface area contributed by atoms with Crippen molar-refractivity contribution in [2.75, 3.05) is 0 Å². The van der Waals surface area contributed by atoms with Gasteiger partial charge < -0.3 is 9.84 Å². The summed E-state index contributed by atoms with van der Waals surface area (Å²) in [5.41, 5.74) is 0.982. The molecular formula is C13H10BrNO3. The van der Waals surface area contributed by atoms with Gasteiger partial charge in [-0.3, -0.25) is 0 Å². The van der Waals surface area contributed by atoms with Crippen LogP contribution in [0.3, 0.4) is 0 Å². The van der Waals surface area contributed by atoms with Gasteiger partial charge in [0.1, 0.15) is 12.4 Å². The minimum absolute atomic E-state index is 0.0247. The quantitative estimate of drug-likeness (QED) is 0.943. The zero-order valence-electron chi connectivity index (χ0n) is 9.34. The highest BCUT2D eigenvalue weighted by molar-refractivity contribution is 9.10. The number of carbonyl (C=O) groups is 1. The molecule has 0 radical (unpaired) electrons. The number of pyridine rings is 1. The zero-order valence-corrected chi connectivity index (χ0v) is 10.9. The van der Waals surface area contributed by atoms with Crippen molar-refractivity contribution < 1.29 is 14.6 Å². The molecule has 0 saturated carbocycles. The van der Waals surface area contributed by atoms with E-state index >= 15 is 0 Å². The first-order chi connectivity index (χ1) is 8.65. The lowest BCUT2D eigenvalue weighted by atomic mass is 10.2. The van der Waals surface area contributed by atoms with Gasteiger partial charge in [0.05, 0.1) is 0 Å². The predicted molar refractivity (Wildman–Crippen MR) is 69.7 cm³/mol. The third kappa shape index (κ3) is 3.30. The molecular weight excluding hydrogens is 298 g/mol. The summed E-state index contributed by atoms with van der Waals surface area (Å²) < 4.78 is 6.51. The standard InChI is InChI=1S/C13H10BrNO3/c14-10-3-1-9(2-4-10)8-18-11-5-6-15-12(7-11)13(16)17/h1-7H,8H2,(H,16,17). The Hall–Kier alpha value is -1.88. The second-order valence-electron chi connectivity index (χ2n) is 3.60. The van der Waals surface area contributed by atoms with Crippen molar-refractivity contribution in [2.24, 2.45) is 0 Å². The van der Waals surface area contributed by atoms with Crippen LogP contribution in [0, 0.1) is 0 Å². The highest BCUT2D eigenvalue weighted by Crippen LogP contribution is 2.15. The topological polar surface area (TPSA) is 59.4 Å². The first kappa shape index (κ1) is 12.6. The molecule has 0 amide bonds. The van der Waals surface area contributed by atoms with Gasteiger partial charge in [-0.2, -0.15) is 0 Å². The zero-order chi connectivity index (χ0) is 13.0. The SMILES string of the molecule is O=C(O)c1cc(OCc2ccc(Br)cc2)ccn1. The van der Waals surface area contributed by atoms with E-state index in [0.29, 0.717) is 12.4 Å². The van der Waals surface area contributed by atoms with Crippen molar-refractivity contribution in [2.45, 2.75) is 6.61 Å². The Morgan fingerprint density at radius 3 is 2.67 bits per heavy atom. The molecule has 18 heavy (non-hydrogen) atoms. The van der Waals surface area contributed by atoms with Gasteiger partial charge >= 0.3 is 5.97 Å². The molecule has 0 saturated heterocycles. The van der Waals surface area contributed by atoms with Crippen molar-refractivity contribution in [1.29, 1.82) is 0 Å². The highest BCUT2D eigenvalue weighted by atomic mass is 79.9. The van der Waals surface area contributed by atoms with Crippen molar-refractivity contribution in [1.82, 2.24) is 4.98 Å². The average molecular weight is 308 g/mol. The van der Waals surface area contributed by atoms with Gasteiger partial charge in [-0.25, -0.2) is 9.78 Å². The lowest BCUT2D eigenvalue weighted by molar-refractivity contribution is 0.0690. The number of carboxylic acids is 1. The molecule has 5 heteroatoms. The minimum atomic E-state index is -1.07. The van der Waals surface area contributed by atoms with Crippen molar-refractivity contribution in [3.05, 3.63) is 58.3 Å². The molecule has 1 N–H and O–H groups in total. The number of nitrogens with zero attached hydrogens (tertiary/aromatic N) is 1. The molecule has 0 bridgehead atoms. The molecule has 0 spiro atoms. The number of halogens is 1. The van der Waals surface area contributed by atoms with E-state index in [-0.39, 0.29) is 5.69 Å². The molecule has 92 valence electrons. The Kier molecular flexibility index (Phi) is 3.94. The lowest BCUT2D eigenvalue weighted by Crippen LogP contribution is -2.01. The summed E-state index contributed by atoms with van der Waals surface area (Å²) in [5, 5.41) is 8.80. The van der Waals surface area contributed by atoms with Crippen LogP contribution in [0.25, 0.3) is 0 Å². The van der Waals surface area contributed by atoms with Crippen LogP contribution in [0.15, 0.2) is 47.1 Å². The summed E-state index contributed by atoms with van der Waals surface area (Å²) in [6, 6.07) is 10.8. The smallest absolute Gasteiger partial charge is 0.354 e. The van der Waals surface area contributed by atoms with Gasteiger partial charge in [0.25, 0.3) is 0 Å². The molecule has 0 fully saturated rings. The number of hydrogen-bond donors (Lipinski definition) is 1. The van der Waals surface area contributed by atoms with Crippen LogP contribution in [0.1, 0.15) is 16.1 Å². The fourth-order valence-corrected chi connectivity index (χ4v) is 1.63. The first-order valence-corrected chi connectivity index (χ1v) is 6.01. The highest BCUT2D eigenvalue weighted by Gasteiger charge is 2.05. The van der Waals surface area contributed by atoms with E-state index in [1.54, 1.807) is 6.07 Å². The largest absolute Gasteiger partial charge is 0.489 e. The third-order valence-corrected chi connectivity index (χ3v) is 2.80. The van der Waals surface area contributed by atoms with E-state index in [1.807, 2.05) is 24.3 Å². The molecule has 1 aromatic carbocycles. The maximum Gasteiger partial charge on any atom is 0.354 e. The van der Waals surface area contributed by atoms with E-state index in [1.165, 1.54) is 12.3 Å². The van der Waals surface area contributed by atoms with E-state index in [2.05, 4.69) is 20.9 Å². The van der Waals surface area contributed by atoms with Gasteiger partial charge in [-0.15, -0.1) is 0 Å². The fraction of sp³-hybridized carbons (Fsp3) is 0.0769. The number of rotatable bonds is 4. The third-order valence-electron chi connectivity index (χ3n) is 2.27. The number of aromatic nitrogens is 1. The molecule has 1 aromatic heterocycles. The summed E-state index contributed by atoms with van der Waals surface area (Å²) >= 11 is 3.35. The Bertz CT molecular complexity index is 554. The predicted octanol–water partition coefficient (Wildman–Crippen LogP) is 3.12. The number of benzene rings is 1. The number of carboxylic acid groups (broad SMARTS) is 1. The molecule has 0 aliphatic carbocycles. The first-order valence-electron chi connectivity index (χ1n) is 5.22. The minimum Gasteiger partial charge on any atom is -0.489 e. The Balaban J connectivity index is 2.04. The Morgan fingerprint density at radius 1 is 1.28 bits per heavy atom. The number of aromatic carboxylic acids is 1. The van der Waals surface area contributed by atoms with Gasteiger partial charge in [0.2, 0.25) is 0 Å². The van der Waals surface area contributed by atoms with E-state index in [0.717, 1.165) is 10.0 Å². The van der Waals surface area contributed by atoms with Crippen LogP contribution >= 0.6 is 15.9 Å². The molecule has 4 nitrogen and oxygen atoms in total. The summed E-state index contributed by atoms with van der Waals surface area (Å²) in [7, 11) is 0. The van der Waals surface area contributed by atoms with Crippen molar-refractivity contribution >= 4 is 21.9 Å². The maximum absolute atomic E-state index is 10.7. The second-order valence-corrected chi connectivity index (χ2v) is 4.51.